The fourth-order valence-corrected chi connectivity index (χ4v) is 5.93. The van der Waals surface area contributed by atoms with Gasteiger partial charge in [-0.3, -0.25) is 14.4 Å². The van der Waals surface area contributed by atoms with Gasteiger partial charge in [0.2, 0.25) is 0 Å². The molecule has 0 spiro atoms. The summed E-state index contributed by atoms with van der Waals surface area (Å²) in [6.45, 7) is 8.72. The van der Waals surface area contributed by atoms with Gasteiger partial charge >= 0.3 is 5.97 Å². The van der Waals surface area contributed by atoms with E-state index in [4.69, 9.17) is 4.74 Å². The van der Waals surface area contributed by atoms with Crippen LogP contribution in [-0.4, -0.2) is 49.8 Å². The maximum absolute atomic E-state index is 13.8. The zero-order valence-corrected chi connectivity index (χ0v) is 21.2. The van der Waals surface area contributed by atoms with Crippen LogP contribution < -0.4 is 0 Å². The molecule has 8 nitrogen and oxygen atoms in total. The highest BCUT2D eigenvalue weighted by Gasteiger charge is 2.77. The van der Waals surface area contributed by atoms with E-state index in [1.807, 2.05) is 0 Å². The number of cyclic esters (lactones) is 1. The summed E-state index contributed by atoms with van der Waals surface area (Å²) in [5, 5.41) is 33.5. The quantitative estimate of drug-likeness (QED) is 0.167. The molecule has 0 aromatic rings. The average molecular weight is 497 g/mol. The van der Waals surface area contributed by atoms with Crippen molar-refractivity contribution in [2.75, 3.05) is 0 Å². The summed E-state index contributed by atoms with van der Waals surface area (Å²) in [5.74, 6) is -8.17. The first-order chi connectivity index (χ1) is 16.7. The lowest BCUT2D eigenvalue weighted by Crippen LogP contribution is -2.75. The van der Waals surface area contributed by atoms with E-state index in [-0.39, 0.29) is 11.1 Å². The average Bonchev–Trinajstić information content (AvgIpc) is 3.01. The number of fused-ring (bicyclic) bond motifs is 3. The molecule has 0 radical (unpaired) electrons. The third kappa shape index (κ3) is 3.63. The molecule has 4 rings (SSSR count). The molecule has 0 aromatic heterocycles. The second kappa shape index (κ2) is 9.17. The Kier molecular flexibility index (Phi) is 6.89. The molecule has 0 amide bonds. The highest BCUT2D eigenvalue weighted by Crippen LogP contribution is 2.64. The van der Waals surface area contributed by atoms with Gasteiger partial charge < -0.3 is 20.1 Å². The number of hydrogen-bond donors (Lipinski definition) is 3. The van der Waals surface area contributed by atoms with Crippen molar-refractivity contribution in [1.82, 2.24) is 0 Å². The van der Waals surface area contributed by atoms with Crippen LogP contribution in [0, 0.1) is 23.2 Å². The number of ether oxygens (including phenoxy) is 1. The Balaban J connectivity index is 2.41. The summed E-state index contributed by atoms with van der Waals surface area (Å²) in [7, 11) is 0. The summed E-state index contributed by atoms with van der Waals surface area (Å²) in [4.78, 5) is 53.5. The second-order valence-electron chi connectivity index (χ2n) is 9.93. The third-order valence-corrected chi connectivity index (χ3v) is 7.68. The minimum absolute atomic E-state index is 0.0835. The van der Waals surface area contributed by atoms with Crippen molar-refractivity contribution in [3.63, 3.8) is 0 Å². The standard InChI is InChI=1S/C28H32O8/c1-7-9-11-13-16(29)18-20-21(28(6)22(31)15(3)24(33)36-28)19(17(30)14-12-10-8-2)26(4,23(18)32)25(34)27(20,5)35/h7-14,19-21,29,31,35H,1-6H3/b9-7+,10-8+,13-11+,14-12+,18-16+. The Bertz CT molecular complexity index is 1210. The van der Waals surface area contributed by atoms with E-state index < -0.39 is 69.2 Å². The van der Waals surface area contributed by atoms with Crippen LogP contribution in [0.2, 0.25) is 0 Å². The number of Topliss-reactive ketones (excluding diaryl/α,β-unsaturated/α-hetero) is 2. The minimum Gasteiger partial charge on any atom is -0.508 e. The molecule has 1 aliphatic heterocycles. The van der Waals surface area contributed by atoms with Crippen molar-refractivity contribution in [1.29, 1.82) is 0 Å². The monoisotopic (exact) mass is 496 g/mol. The first-order valence-corrected chi connectivity index (χ1v) is 11.7. The van der Waals surface area contributed by atoms with Crippen molar-refractivity contribution < 1.29 is 39.2 Å². The Hall–Kier alpha value is -3.52. The lowest BCUT2D eigenvalue weighted by molar-refractivity contribution is -0.203. The topological polar surface area (TPSA) is 138 Å². The van der Waals surface area contributed by atoms with E-state index in [0.29, 0.717) is 0 Å². The van der Waals surface area contributed by atoms with Gasteiger partial charge in [0, 0.05) is 23.3 Å². The molecule has 3 aliphatic carbocycles. The van der Waals surface area contributed by atoms with Crippen molar-refractivity contribution in [2.45, 2.75) is 52.7 Å². The molecule has 3 fully saturated rings. The van der Waals surface area contributed by atoms with Crippen LogP contribution in [0.25, 0.3) is 0 Å². The number of ketones is 3. The Morgan fingerprint density at radius 1 is 0.972 bits per heavy atom. The largest absolute Gasteiger partial charge is 0.508 e. The van der Waals surface area contributed by atoms with Crippen LogP contribution >= 0.6 is 0 Å². The molecular formula is C28H32O8. The molecule has 192 valence electrons. The zero-order chi connectivity index (χ0) is 27.2. The Morgan fingerprint density at radius 2 is 1.53 bits per heavy atom. The van der Waals surface area contributed by atoms with E-state index in [0.717, 1.165) is 0 Å². The molecule has 36 heavy (non-hydrogen) atoms. The fourth-order valence-electron chi connectivity index (χ4n) is 5.93. The molecule has 8 heteroatoms. The number of allylic oxidation sites excluding steroid dienone is 8. The van der Waals surface area contributed by atoms with Gasteiger partial charge in [-0.25, -0.2) is 4.79 Å². The molecule has 1 heterocycles. The SMILES string of the molecule is C/C=C/C=C/C(=O)C1C(C2(C)OC(=O)C(C)=C2O)C2/C(=C(O)/C=C/C=C/C)C(=O)C1(C)C(=O)C2(C)O. The number of aliphatic hydroxyl groups is 3. The predicted molar refractivity (Wildman–Crippen MR) is 132 cm³/mol. The summed E-state index contributed by atoms with van der Waals surface area (Å²) >= 11 is 0. The van der Waals surface area contributed by atoms with Crippen LogP contribution in [0.15, 0.2) is 71.3 Å². The van der Waals surface area contributed by atoms with Gasteiger partial charge in [0.1, 0.15) is 22.5 Å². The highest BCUT2D eigenvalue weighted by atomic mass is 16.6. The smallest absolute Gasteiger partial charge is 0.338 e. The number of aliphatic hydroxyl groups excluding tert-OH is 2. The van der Waals surface area contributed by atoms with Crippen molar-refractivity contribution >= 4 is 23.3 Å². The van der Waals surface area contributed by atoms with E-state index in [9.17, 15) is 34.5 Å². The molecule has 4 aliphatic rings. The van der Waals surface area contributed by atoms with E-state index in [1.165, 1.54) is 52.0 Å². The summed E-state index contributed by atoms with van der Waals surface area (Å²) in [5.41, 5.74) is -6.53. The first kappa shape index (κ1) is 27.1. The summed E-state index contributed by atoms with van der Waals surface area (Å²) < 4.78 is 5.59. The molecule has 3 N–H and O–H groups in total. The molecule has 3 saturated carbocycles. The number of rotatable bonds is 6. The van der Waals surface area contributed by atoms with Gasteiger partial charge in [-0.1, -0.05) is 36.5 Å². The van der Waals surface area contributed by atoms with Crippen molar-refractivity contribution in [3.8, 4) is 0 Å². The van der Waals surface area contributed by atoms with E-state index in [2.05, 4.69) is 0 Å². The van der Waals surface area contributed by atoms with Gasteiger partial charge in [-0.15, -0.1) is 0 Å². The highest BCUT2D eigenvalue weighted by molar-refractivity contribution is 6.24. The molecule has 6 unspecified atom stereocenters. The van der Waals surface area contributed by atoms with Crippen molar-refractivity contribution in [2.24, 2.45) is 23.2 Å². The Labute approximate surface area is 210 Å². The number of esters is 1. The zero-order valence-electron chi connectivity index (χ0n) is 21.2. The van der Waals surface area contributed by atoms with Gasteiger partial charge in [-0.05, 0) is 53.7 Å². The molecular weight excluding hydrogens is 464 g/mol. The van der Waals surface area contributed by atoms with Crippen LogP contribution in [0.3, 0.4) is 0 Å². The van der Waals surface area contributed by atoms with Gasteiger partial charge in [-0.2, -0.15) is 0 Å². The molecule has 0 saturated heterocycles. The second-order valence-corrected chi connectivity index (χ2v) is 9.93. The number of carbonyl (C=O) groups excluding carboxylic acids is 4. The summed E-state index contributed by atoms with van der Waals surface area (Å²) in [6.07, 6.45) is 12.0. The van der Waals surface area contributed by atoms with Gasteiger partial charge in [0.15, 0.2) is 23.0 Å². The van der Waals surface area contributed by atoms with Gasteiger partial charge in [0.05, 0.1) is 5.57 Å². The lowest BCUT2D eigenvalue weighted by Gasteiger charge is -2.60. The maximum Gasteiger partial charge on any atom is 0.338 e. The lowest BCUT2D eigenvalue weighted by atomic mass is 9.40. The van der Waals surface area contributed by atoms with Crippen molar-refractivity contribution in [3.05, 3.63) is 71.3 Å². The predicted octanol–water partition coefficient (Wildman–Crippen LogP) is 3.55. The van der Waals surface area contributed by atoms with E-state index in [1.54, 1.807) is 38.2 Å². The molecule has 2 bridgehead atoms. The normalized spacial score (nSPS) is 38.4. The fraction of sp³-hybridized carbons (Fsp3) is 0.429. The van der Waals surface area contributed by atoms with Crippen LogP contribution in [0.1, 0.15) is 41.5 Å². The maximum atomic E-state index is 13.8. The number of hydrogen-bond acceptors (Lipinski definition) is 8. The molecule has 6 atom stereocenters. The number of carbonyl (C=O) groups is 4. The van der Waals surface area contributed by atoms with Crippen LogP contribution in [-0.2, 0) is 23.9 Å². The van der Waals surface area contributed by atoms with Crippen LogP contribution in [0.4, 0.5) is 0 Å². The third-order valence-electron chi connectivity index (χ3n) is 7.68. The Morgan fingerprint density at radius 3 is 2.03 bits per heavy atom. The first-order valence-electron chi connectivity index (χ1n) is 11.7. The summed E-state index contributed by atoms with van der Waals surface area (Å²) in [6, 6.07) is 0. The van der Waals surface area contributed by atoms with E-state index >= 15 is 0 Å². The van der Waals surface area contributed by atoms with Crippen LogP contribution in [0.5, 0.6) is 0 Å². The van der Waals surface area contributed by atoms with Gasteiger partial charge in [0.25, 0.3) is 0 Å². The minimum atomic E-state index is -2.22. The molecule has 0 aromatic carbocycles.